The van der Waals surface area contributed by atoms with Gasteiger partial charge in [-0.1, -0.05) is 24.3 Å². The quantitative estimate of drug-likeness (QED) is 0.778. The van der Waals surface area contributed by atoms with E-state index in [1.807, 2.05) is 30.5 Å². The summed E-state index contributed by atoms with van der Waals surface area (Å²) >= 11 is 0. The van der Waals surface area contributed by atoms with E-state index < -0.39 is 0 Å². The van der Waals surface area contributed by atoms with E-state index >= 15 is 0 Å². The van der Waals surface area contributed by atoms with Crippen LogP contribution in [-0.2, 0) is 0 Å². The van der Waals surface area contributed by atoms with Crippen LogP contribution in [0, 0.1) is 0 Å². The number of hydrogen-bond acceptors (Lipinski definition) is 4. The Morgan fingerprint density at radius 1 is 0.895 bits per heavy atom. The van der Waals surface area contributed by atoms with Crippen LogP contribution in [-0.4, -0.2) is 27.3 Å². The lowest BCUT2D eigenvalue weighted by Gasteiger charge is -2.03. The van der Waals surface area contributed by atoms with Crippen LogP contribution in [0.25, 0.3) is 22.5 Å². The highest BCUT2D eigenvalue weighted by atomic mass is 16.5. The van der Waals surface area contributed by atoms with Gasteiger partial charge in [-0.3, -0.25) is 5.10 Å². The third kappa shape index (κ3) is 2.30. The van der Waals surface area contributed by atoms with Crippen molar-refractivity contribution in [2.75, 3.05) is 7.11 Å². The van der Waals surface area contributed by atoms with E-state index in [4.69, 9.17) is 4.74 Å². The zero-order valence-corrected chi connectivity index (χ0v) is 10.4. The number of aromatic amines is 1. The predicted octanol–water partition coefficient (Wildman–Crippen LogP) is 2.54. The van der Waals surface area contributed by atoms with Crippen LogP contribution < -0.4 is 4.74 Å². The molecule has 2 heterocycles. The Bertz CT molecular complexity index is 645. The van der Waals surface area contributed by atoms with Gasteiger partial charge in [0.25, 0.3) is 0 Å². The van der Waals surface area contributed by atoms with Crippen LogP contribution >= 0.6 is 0 Å². The summed E-state index contributed by atoms with van der Waals surface area (Å²) in [5.74, 6) is 1.33. The first-order valence-electron chi connectivity index (χ1n) is 5.82. The van der Waals surface area contributed by atoms with Crippen molar-refractivity contribution < 1.29 is 4.74 Å². The predicted molar refractivity (Wildman–Crippen MR) is 71.6 cm³/mol. The van der Waals surface area contributed by atoms with Gasteiger partial charge in [-0.15, -0.1) is 0 Å². The number of hydrogen-bond donors (Lipinski definition) is 1. The van der Waals surface area contributed by atoms with Gasteiger partial charge in [-0.05, 0) is 5.56 Å². The molecule has 1 aromatic carbocycles. The molecule has 2 aromatic heterocycles. The zero-order valence-electron chi connectivity index (χ0n) is 10.4. The van der Waals surface area contributed by atoms with Gasteiger partial charge in [0.1, 0.15) is 0 Å². The Labute approximate surface area is 110 Å². The lowest BCUT2D eigenvalue weighted by Crippen LogP contribution is -1.90. The van der Waals surface area contributed by atoms with E-state index in [2.05, 4.69) is 20.2 Å². The molecule has 0 unspecified atom stereocenters. The summed E-state index contributed by atoms with van der Waals surface area (Å²) in [6.45, 7) is 0. The minimum atomic E-state index is 0.652. The molecule has 3 aromatic rings. The largest absolute Gasteiger partial charge is 0.494 e. The second-order valence-electron chi connectivity index (χ2n) is 4.01. The first-order chi connectivity index (χ1) is 9.36. The molecule has 0 atom stereocenters. The lowest BCUT2D eigenvalue weighted by molar-refractivity contribution is 0.411. The van der Waals surface area contributed by atoms with Gasteiger partial charge in [0.15, 0.2) is 11.6 Å². The number of benzene rings is 1. The summed E-state index contributed by atoms with van der Waals surface area (Å²) in [5, 5.41) is 6.73. The van der Waals surface area contributed by atoms with Gasteiger partial charge in [0.05, 0.1) is 25.7 Å². The van der Waals surface area contributed by atoms with Crippen LogP contribution in [0.3, 0.4) is 0 Å². The van der Waals surface area contributed by atoms with Crippen molar-refractivity contribution in [1.29, 1.82) is 0 Å². The van der Waals surface area contributed by atoms with Crippen molar-refractivity contribution in [3.8, 4) is 28.3 Å². The van der Waals surface area contributed by atoms with Crippen molar-refractivity contribution in [3.05, 3.63) is 49.1 Å². The maximum atomic E-state index is 5.04. The molecule has 0 saturated heterocycles. The van der Waals surface area contributed by atoms with E-state index in [1.54, 1.807) is 25.7 Å². The lowest BCUT2D eigenvalue weighted by atomic mass is 10.1. The molecular formula is C14H12N4O. The molecule has 5 heteroatoms. The fraction of sp³-hybridized carbons (Fsp3) is 0.0714. The summed E-state index contributed by atoms with van der Waals surface area (Å²) in [5.41, 5.74) is 3.13. The highest BCUT2D eigenvalue weighted by Crippen LogP contribution is 2.22. The normalized spacial score (nSPS) is 10.4. The molecule has 3 rings (SSSR count). The number of ether oxygens (including phenoxy) is 1. The molecule has 94 valence electrons. The molecule has 0 spiro atoms. The summed E-state index contributed by atoms with van der Waals surface area (Å²) in [7, 11) is 1.60. The molecule has 1 N–H and O–H groups in total. The summed E-state index contributed by atoms with van der Waals surface area (Å²) in [6, 6.07) is 8.02. The second kappa shape index (κ2) is 4.89. The zero-order chi connectivity index (χ0) is 13.1. The third-order valence-corrected chi connectivity index (χ3v) is 2.84. The number of H-pyrrole nitrogens is 1. The van der Waals surface area contributed by atoms with Gasteiger partial charge in [0.2, 0.25) is 0 Å². The van der Waals surface area contributed by atoms with E-state index in [1.165, 1.54) is 0 Å². The Kier molecular flexibility index (Phi) is 2.94. The minimum absolute atomic E-state index is 0.652. The average molecular weight is 252 g/mol. The van der Waals surface area contributed by atoms with Crippen LogP contribution in [0.15, 0.2) is 49.1 Å². The third-order valence-electron chi connectivity index (χ3n) is 2.84. The molecule has 5 nitrogen and oxygen atoms in total. The number of methoxy groups -OCH3 is 1. The molecule has 0 bridgehead atoms. The number of nitrogens with zero attached hydrogens (tertiary/aromatic N) is 3. The van der Waals surface area contributed by atoms with Crippen molar-refractivity contribution >= 4 is 0 Å². The minimum Gasteiger partial charge on any atom is -0.494 e. The fourth-order valence-electron chi connectivity index (χ4n) is 1.79. The molecule has 0 aliphatic heterocycles. The summed E-state index contributed by atoms with van der Waals surface area (Å²) in [6.07, 6.45) is 6.97. The Morgan fingerprint density at radius 3 is 2.16 bits per heavy atom. The Balaban J connectivity index is 1.89. The maximum Gasteiger partial charge on any atom is 0.159 e. The number of aromatic nitrogens is 4. The first-order valence-corrected chi connectivity index (χ1v) is 5.82. The molecule has 19 heavy (non-hydrogen) atoms. The Morgan fingerprint density at radius 2 is 1.58 bits per heavy atom. The van der Waals surface area contributed by atoms with Crippen LogP contribution in [0.2, 0.25) is 0 Å². The van der Waals surface area contributed by atoms with Crippen molar-refractivity contribution in [1.82, 2.24) is 20.2 Å². The molecule has 0 radical (unpaired) electrons. The van der Waals surface area contributed by atoms with Gasteiger partial charge in [0, 0.05) is 17.3 Å². The molecular weight excluding hydrogens is 240 g/mol. The van der Waals surface area contributed by atoms with E-state index in [9.17, 15) is 0 Å². The summed E-state index contributed by atoms with van der Waals surface area (Å²) < 4.78 is 5.04. The first kappa shape index (κ1) is 11.4. The van der Waals surface area contributed by atoms with Gasteiger partial charge < -0.3 is 4.74 Å². The van der Waals surface area contributed by atoms with Gasteiger partial charge >= 0.3 is 0 Å². The smallest absolute Gasteiger partial charge is 0.159 e. The molecule has 0 fully saturated rings. The van der Waals surface area contributed by atoms with E-state index in [0.29, 0.717) is 11.6 Å². The van der Waals surface area contributed by atoms with Crippen molar-refractivity contribution in [3.63, 3.8) is 0 Å². The molecule has 0 amide bonds. The maximum absolute atomic E-state index is 5.04. The van der Waals surface area contributed by atoms with Crippen molar-refractivity contribution in [2.45, 2.75) is 0 Å². The van der Waals surface area contributed by atoms with Crippen molar-refractivity contribution in [2.24, 2.45) is 0 Å². The fourth-order valence-corrected chi connectivity index (χ4v) is 1.79. The van der Waals surface area contributed by atoms with Gasteiger partial charge in [-0.25, -0.2) is 9.97 Å². The van der Waals surface area contributed by atoms with Gasteiger partial charge in [-0.2, -0.15) is 5.10 Å². The van der Waals surface area contributed by atoms with E-state index in [0.717, 1.165) is 16.7 Å². The SMILES string of the molecule is COc1cnc(-c2ccc(-c3cn[nH]c3)cc2)nc1. The summed E-state index contributed by atoms with van der Waals surface area (Å²) in [4.78, 5) is 8.52. The topological polar surface area (TPSA) is 63.7 Å². The number of rotatable bonds is 3. The Hall–Kier alpha value is -2.69. The van der Waals surface area contributed by atoms with E-state index in [-0.39, 0.29) is 0 Å². The highest BCUT2D eigenvalue weighted by molar-refractivity contribution is 5.66. The highest BCUT2D eigenvalue weighted by Gasteiger charge is 2.03. The van der Waals surface area contributed by atoms with Crippen LogP contribution in [0.1, 0.15) is 0 Å². The monoisotopic (exact) mass is 252 g/mol. The second-order valence-corrected chi connectivity index (χ2v) is 4.01. The number of nitrogens with one attached hydrogen (secondary N) is 1. The average Bonchev–Trinajstić information content (AvgIpc) is 3.02. The molecule has 0 aliphatic carbocycles. The molecule has 0 saturated carbocycles. The van der Waals surface area contributed by atoms with Crippen LogP contribution in [0.5, 0.6) is 5.75 Å². The standard InChI is InChI=1S/C14H12N4O/c1-19-13-8-15-14(16-9-13)11-4-2-10(3-5-11)12-6-17-18-7-12/h2-9H,1H3,(H,17,18). The van der Waals surface area contributed by atoms with Crippen LogP contribution in [0.4, 0.5) is 0 Å². The molecule has 0 aliphatic rings.